The number of rotatable bonds is 6. The van der Waals surface area contributed by atoms with Crippen LogP contribution in [-0.2, 0) is 11.3 Å². The molecule has 1 amide bonds. The van der Waals surface area contributed by atoms with Crippen molar-refractivity contribution in [1.82, 2.24) is 14.5 Å². The molecule has 0 saturated carbocycles. The van der Waals surface area contributed by atoms with Crippen LogP contribution in [0.15, 0.2) is 71.7 Å². The third kappa shape index (κ3) is 4.33. The van der Waals surface area contributed by atoms with E-state index >= 15 is 0 Å². The Balaban J connectivity index is 1.76. The van der Waals surface area contributed by atoms with Gasteiger partial charge in [-0.25, -0.2) is 4.68 Å². The average Bonchev–Trinajstić information content (AvgIpc) is 3.19. The third-order valence-electron chi connectivity index (χ3n) is 5.29. The molecule has 0 fully saturated rings. The summed E-state index contributed by atoms with van der Waals surface area (Å²) < 4.78 is 2.64. The van der Waals surface area contributed by atoms with Gasteiger partial charge < -0.3 is 15.5 Å². The maximum Gasteiger partial charge on any atom is 0.325 e. The summed E-state index contributed by atoms with van der Waals surface area (Å²) in [6, 6.07) is 17.6. The molecule has 1 atom stereocenters. The molecule has 2 heterocycles. The predicted molar refractivity (Wildman–Crippen MR) is 124 cm³/mol. The minimum absolute atomic E-state index is 0.0878. The Kier molecular flexibility index (Phi) is 5.93. The van der Waals surface area contributed by atoms with Crippen LogP contribution in [0.1, 0.15) is 22.8 Å². The first-order chi connectivity index (χ1) is 15.8. The van der Waals surface area contributed by atoms with Gasteiger partial charge in [-0.1, -0.05) is 66.2 Å². The van der Waals surface area contributed by atoms with Gasteiger partial charge in [-0.2, -0.15) is 0 Å². The smallest absolute Gasteiger partial charge is 0.325 e. The first kappa shape index (κ1) is 22.2. The Labute approximate surface area is 193 Å². The van der Waals surface area contributed by atoms with Gasteiger partial charge >= 0.3 is 5.97 Å². The van der Waals surface area contributed by atoms with Crippen molar-refractivity contribution in [1.29, 1.82) is 0 Å². The van der Waals surface area contributed by atoms with E-state index in [0.29, 0.717) is 0 Å². The molecule has 0 spiro atoms. The fraction of sp³-hybridized carbons (Fsp3) is 0.125. The van der Waals surface area contributed by atoms with Crippen LogP contribution in [-0.4, -0.2) is 37.3 Å². The molecule has 4 aromatic rings. The van der Waals surface area contributed by atoms with E-state index in [2.05, 4.69) is 5.32 Å². The fourth-order valence-electron chi connectivity index (χ4n) is 3.54. The van der Waals surface area contributed by atoms with Gasteiger partial charge in [-0.05, 0) is 29.7 Å². The van der Waals surface area contributed by atoms with Crippen LogP contribution >= 0.6 is 11.6 Å². The molecule has 8 nitrogen and oxygen atoms in total. The number of aliphatic carboxylic acids is 1. The fourth-order valence-corrected chi connectivity index (χ4v) is 3.74. The zero-order valence-electron chi connectivity index (χ0n) is 17.5. The number of carbonyl (C=O) groups excluding carboxylic acids is 1. The van der Waals surface area contributed by atoms with Crippen molar-refractivity contribution in [3.8, 4) is 16.9 Å². The first-order valence-electron chi connectivity index (χ1n) is 10.1. The zero-order valence-corrected chi connectivity index (χ0v) is 18.3. The first-order valence-corrected chi connectivity index (χ1v) is 10.5. The number of nitrogens with zero attached hydrogens (tertiary/aromatic N) is 2. The van der Waals surface area contributed by atoms with Crippen molar-refractivity contribution in [3.63, 3.8) is 0 Å². The van der Waals surface area contributed by atoms with Crippen LogP contribution in [0.5, 0.6) is 5.75 Å². The van der Waals surface area contributed by atoms with Gasteiger partial charge in [-0.3, -0.25) is 18.9 Å². The topological polar surface area (TPSA) is 113 Å². The molecule has 0 radical (unpaired) electrons. The number of fused-ring (bicyclic) bond motifs is 1. The number of carboxylic acid groups (broad SMARTS) is 1. The highest BCUT2D eigenvalue weighted by atomic mass is 35.5. The van der Waals surface area contributed by atoms with Crippen molar-refractivity contribution in [2.75, 3.05) is 0 Å². The number of benzene rings is 2. The van der Waals surface area contributed by atoms with E-state index in [0.717, 1.165) is 16.7 Å². The van der Waals surface area contributed by atoms with E-state index in [1.165, 1.54) is 28.4 Å². The normalized spacial score (nSPS) is 11.9. The summed E-state index contributed by atoms with van der Waals surface area (Å²) in [5, 5.41) is 22.2. The highest BCUT2D eigenvalue weighted by molar-refractivity contribution is 6.31. The highest BCUT2D eigenvalue weighted by Gasteiger charge is 2.25. The van der Waals surface area contributed by atoms with E-state index in [9.17, 15) is 19.5 Å². The number of nitrogens with one attached hydrogen (secondary N) is 1. The second-order valence-corrected chi connectivity index (χ2v) is 8.01. The molecule has 2 aromatic carbocycles. The maximum absolute atomic E-state index is 13.2. The van der Waals surface area contributed by atoms with Crippen LogP contribution in [0.25, 0.3) is 16.6 Å². The van der Waals surface area contributed by atoms with Crippen LogP contribution in [0.2, 0.25) is 5.02 Å². The molecular formula is C24H20ClN3O5. The number of carbonyl (C=O) groups is 2. The molecule has 0 aliphatic rings. The molecule has 3 N–H and O–H groups in total. The molecule has 0 aliphatic heterocycles. The van der Waals surface area contributed by atoms with Crippen LogP contribution in [0.4, 0.5) is 0 Å². The summed E-state index contributed by atoms with van der Waals surface area (Å²) in [6.45, 7) is 1.35. The van der Waals surface area contributed by atoms with Gasteiger partial charge in [0.2, 0.25) is 0 Å². The maximum atomic E-state index is 13.2. The van der Waals surface area contributed by atoms with Gasteiger partial charge in [0, 0.05) is 6.20 Å². The summed E-state index contributed by atoms with van der Waals surface area (Å²) in [6.07, 6.45) is 1.46. The molecule has 168 valence electrons. The minimum Gasteiger partial charge on any atom is -0.505 e. The standard InChI is InChI=1S/C24H20ClN3O5/c1-14(24(32)33)26-22(30)20-21(29)19-11-18(25)13-27(19)28(23(20)31)12-15-7-9-17(10-8-15)16-5-3-2-4-6-16/h2-11,13-14,29H,12H2,1H3,(H,26,30)(H,32,33)/t14-/m0/s1. The minimum atomic E-state index is -1.27. The number of aromatic nitrogens is 2. The second kappa shape index (κ2) is 8.84. The molecule has 33 heavy (non-hydrogen) atoms. The van der Waals surface area contributed by atoms with E-state index < -0.39 is 34.8 Å². The molecule has 0 aliphatic carbocycles. The van der Waals surface area contributed by atoms with Crippen molar-refractivity contribution in [2.45, 2.75) is 19.5 Å². The van der Waals surface area contributed by atoms with Crippen LogP contribution < -0.4 is 10.9 Å². The molecular weight excluding hydrogens is 446 g/mol. The number of carboxylic acids is 1. The number of halogens is 1. The quantitative estimate of drug-likeness (QED) is 0.404. The van der Waals surface area contributed by atoms with E-state index in [1.54, 1.807) is 0 Å². The van der Waals surface area contributed by atoms with Crippen molar-refractivity contribution >= 4 is 29.0 Å². The Morgan fingerprint density at radius 1 is 1.06 bits per heavy atom. The molecule has 9 heteroatoms. The number of hydrogen-bond acceptors (Lipinski definition) is 4. The Morgan fingerprint density at radius 3 is 2.33 bits per heavy atom. The van der Waals surface area contributed by atoms with E-state index in [4.69, 9.17) is 16.7 Å². The van der Waals surface area contributed by atoms with Gasteiger partial charge in [0.25, 0.3) is 11.5 Å². The highest BCUT2D eigenvalue weighted by Crippen LogP contribution is 2.26. The SMILES string of the molecule is C[C@H](NC(=O)c1c(O)c2cc(Cl)cn2n(Cc2ccc(-c3ccccc3)cc2)c1=O)C(=O)O. The van der Waals surface area contributed by atoms with Crippen LogP contribution in [0, 0.1) is 0 Å². The lowest BCUT2D eigenvalue weighted by atomic mass is 10.0. The van der Waals surface area contributed by atoms with E-state index in [1.807, 2.05) is 54.6 Å². The lowest BCUT2D eigenvalue weighted by Gasteiger charge is -2.16. The molecule has 0 bridgehead atoms. The van der Waals surface area contributed by atoms with Gasteiger partial charge in [0.1, 0.15) is 17.1 Å². The van der Waals surface area contributed by atoms with Gasteiger partial charge in [-0.15, -0.1) is 0 Å². The largest absolute Gasteiger partial charge is 0.505 e. The third-order valence-corrected chi connectivity index (χ3v) is 5.50. The van der Waals surface area contributed by atoms with Gasteiger partial charge in [0.15, 0.2) is 5.75 Å². The predicted octanol–water partition coefficient (Wildman–Crippen LogP) is 3.38. The molecule has 0 unspecified atom stereocenters. The summed E-state index contributed by atoms with van der Waals surface area (Å²) in [5.74, 6) is -2.83. The lowest BCUT2D eigenvalue weighted by Crippen LogP contribution is -2.42. The Hall–Kier alpha value is -4.04. The van der Waals surface area contributed by atoms with Crippen LogP contribution in [0.3, 0.4) is 0 Å². The van der Waals surface area contributed by atoms with E-state index in [-0.39, 0.29) is 17.1 Å². The molecule has 2 aromatic heterocycles. The number of amides is 1. The second-order valence-electron chi connectivity index (χ2n) is 7.57. The Morgan fingerprint density at radius 2 is 1.70 bits per heavy atom. The van der Waals surface area contributed by atoms with Crippen molar-refractivity contribution < 1.29 is 19.8 Å². The summed E-state index contributed by atoms with van der Waals surface area (Å²) in [5.41, 5.74) is 1.65. The number of hydrogen-bond donors (Lipinski definition) is 3. The number of aromatic hydroxyl groups is 1. The van der Waals surface area contributed by atoms with Gasteiger partial charge in [0.05, 0.1) is 11.6 Å². The molecule has 0 saturated heterocycles. The summed E-state index contributed by atoms with van der Waals surface area (Å²) in [4.78, 5) is 37.0. The molecule has 4 rings (SSSR count). The summed E-state index contributed by atoms with van der Waals surface area (Å²) >= 11 is 6.10. The van der Waals surface area contributed by atoms with Crippen molar-refractivity contribution in [3.05, 3.63) is 93.4 Å². The monoisotopic (exact) mass is 465 g/mol. The average molecular weight is 466 g/mol. The van der Waals surface area contributed by atoms with Crippen molar-refractivity contribution in [2.24, 2.45) is 0 Å². The zero-order chi connectivity index (χ0) is 23.7. The lowest BCUT2D eigenvalue weighted by molar-refractivity contribution is -0.138. The Bertz CT molecular complexity index is 1410. The summed E-state index contributed by atoms with van der Waals surface area (Å²) in [7, 11) is 0.